The van der Waals surface area contributed by atoms with E-state index in [4.69, 9.17) is 5.11 Å². The maximum Gasteiger partial charge on any atom is 0.251 e. The van der Waals surface area contributed by atoms with Crippen LogP contribution in [0, 0.1) is 13.8 Å². The van der Waals surface area contributed by atoms with Crippen molar-refractivity contribution in [2.75, 3.05) is 24.7 Å². The Morgan fingerprint density at radius 2 is 2.06 bits per heavy atom. The number of aryl methyl sites for hydroxylation is 2. The van der Waals surface area contributed by atoms with Gasteiger partial charge in [0.25, 0.3) is 5.91 Å². The Balaban J connectivity index is 2.30. The lowest BCUT2D eigenvalue weighted by molar-refractivity contribution is 0.0956. The fraction of sp³-hybridized carbons (Fsp3) is 0.500. The van der Waals surface area contributed by atoms with Gasteiger partial charge >= 0.3 is 0 Å². The molecule has 4 heteroatoms. The predicted molar refractivity (Wildman–Crippen MR) is 77.3 cm³/mol. The van der Waals surface area contributed by atoms with Gasteiger partial charge in [0.1, 0.15) is 0 Å². The molecule has 1 rings (SSSR count). The molecule has 0 fully saturated rings. The molecule has 0 aliphatic rings. The summed E-state index contributed by atoms with van der Waals surface area (Å²) in [5.74, 6) is 1.81. The molecule has 0 atom stereocenters. The van der Waals surface area contributed by atoms with E-state index >= 15 is 0 Å². The minimum atomic E-state index is -0.0131. The topological polar surface area (TPSA) is 49.3 Å². The molecule has 1 amide bonds. The Morgan fingerprint density at radius 3 is 2.72 bits per heavy atom. The van der Waals surface area contributed by atoms with Crippen LogP contribution in [0.4, 0.5) is 0 Å². The van der Waals surface area contributed by atoms with E-state index in [1.165, 1.54) is 5.56 Å². The molecule has 0 spiro atoms. The number of aliphatic hydroxyl groups is 1. The number of rotatable bonds is 7. The summed E-state index contributed by atoms with van der Waals surface area (Å²) in [6.07, 6.45) is 0.815. The number of amides is 1. The molecule has 0 radical (unpaired) electrons. The number of aliphatic hydroxyl groups excluding tert-OH is 1. The van der Waals surface area contributed by atoms with Crippen molar-refractivity contribution in [3.8, 4) is 0 Å². The maximum atomic E-state index is 11.8. The van der Waals surface area contributed by atoms with Gasteiger partial charge in [0, 0.05) is 24.5 Å². The van der Waals surface area contributed by atoms with Crippen LogP contribution in [-0.4, -0.2) is 35.7 Å². The zero-order chi connectivity index (χ0) is 13.4. The molecule has 0 saturated heterocycles. The fourth-order valence-corrected chi connectivity index (χ4v) is 2.27. The van der Waals surface area contributed by atoms with Crippen molar-refractivity contribution >= 4 is 17.7 Å². The number of hydrogen-bond acceptors (Lipinski definition) is 3. The van der Waals surface area contributed by atoms with Crippen molar-refractivity contribution in [2.45, 2.75) is 20.3 Å². The highest BCUT2D eigenvalue weighted by Gasteiger charge is 2.05. The number of hydrogen-bond donors (Lipinski definition) is 2. The molecular formula is C14H21NO2S. The van der Waals surface area contributed by atoms with Crippen LogP contribution in [0.15, 0.2) is 18.2 Å². The van der Waals surface area contributed by atoms with Crippen LogP contribution in [0.5, 0.6) is 0 Å². The van der Waals surface area contributed by atoms with Gasteiger partial charge in [0.15, 0.2) is 0 Å². The van der Waals surface area contributed by atoms with Gasteiger partial charge < -0.3 is 10.4 Å². The summed E-state index contributed by atoms with van der Waals surface area (Å²) < 4.78 is 0. The van der Waals surface area contributed by atoms with Crippen LogP contribution in [0.3, 0.4) is 0 Å². The second kappa shape index (κ2) is 8.16. The fourth-order valence-electron chi connectivity index (χ4n) is 1.49. The molecule has 0 unspecified atom stereocenters. The number of carbonyl (C=O) groups is 1. The summed E-state index contributed by atoms with van der Waals surface area (Å²) in [6, 6.07) is 5.75. The van der Waals surface area contributed by atoms with Gasteiger partial charge in [-0.15, -0.1) is 0 Å². The maximum absolute atomic E-state index is 11.8. The van der Waals surface area contributed by atoms with Crippen molar-refractivity contribution in [3.05, 3.63) is 34.9 Å². The zero-order valence-electron chi connectivity index (χ0n) is 11.0. The van der Waals surface area contributed by atoms with Crippen molar-refractivity contribution in [2.24, 2.45) is 0 Å². The van der Waals surface area contributed by atoms with Gasteiger partial charge in [0.05, 0.1) is 0 Å². The molecule has 0 aliphatic carbocycles. The van der Waals surface area contributed by atoms with Gasteiger partial charge in [-0.3, -0.25) is 4.79 Å². The highest BCUT2D eigenvalue weighted by Crippen LogP contribution is 2.09. The lowest BCUT2D eigenvalue weighted by atomic mass is 10.1. The Labute approximate surface area is 113 Å². The van der Waals surface area contributed by atoms with E-state index in [-0.39, 0.29) is 12.5 Å². The molecule has 0 aliphatic heterocycles. The normalized spacial score (nSPS) is 10.4. The second-order valence-electron chi connectivity index (χ2n) is 4.24. The first-order chi connectivity index (χ1) is 8.65. The summed E-state index contributed by atoms with van der Waals surface area (Å²) in [5.41, 5.74) is 3.06. The van der Waals surface area contributed by atoms with Crippen LogP contribution in [-0.2, 0) is 0 Å². The average molecular weight is 267 g/mol. The molecule has 3 nitrogen and oxygen atoms in total. The Bertz CT molecular complexity index is 393. The number of benzene rings is 1. The van der Waals surface area contributed by atoms with Crippen LogP contribution >= 0.6 is 11.8 Å². The quantitative estimate of drug-likeness (QED) is 0.744. The van der Waals surface area contributed by atoms with E-state index < -0.39 is 0 Å². The number of thioether (sulfide) groups is 1. The summed E-state index contributed by atoms with van der Waals surface area (Å²) in [4.78, 5) is 11.8. The molecule has 0 bridgehead atoms. The molecule has 0 heterocycles. The van der Waals surface area contributed by atoms with Crippen molar-refractivity contribution in [1.29, 1.82) is 0 Å². The molecule has 0 aromatic heterocycles. The van der Waals surface area contributed by atoms with Crippen molar-refractivity contribution in [3.63, 3.8) is 0 Å². The first kappa shape index (κ1) is 15.1. The summed E-state index contributed by atoms with van der Waals surface area (Å²) >= 11 is 1.75. The minimum absolute atomic E-state index is 0.0131. The summed E-state index contributed by atoms with van der Waals surface area (Å²) in [7, 11) is 0. The average Bonchev–Trinajstić information content (AvgIpc) is 2.36. The number of carbonyl (C=O) groups excluding carboxylic acids is 1. The largest absolute Gasteiger partial charge is 0.396 e. The highest BCUT2D eigenvalue weighted by atomic mass is 32.2. The van der Waals surface area contributed by atoms with Gasteiger partial charge in [-0.1, -0.05) is 6.07 Å². The highest BCUT2D eigenvalue weighted by molar-refractivity contribution is 7.99. The van der Waals surface area contributed by atoms with E-state index in [2.05, 4.69) is 5.32 Å². The Kier molecular flexibility index (Phi) is 6.83. The van der Waals surface area contributed by atoms with Crippen LogP contribution in [0.2, 0.25) is 0 Å². The third-order valence-corrected chi connectivity index (χ3v) is 3.82. The van der Waals surface area contributed by atoms with E-state index in [1.54, 1.807) is 11.8 Å². The Hall–Kier alpha value is -1.00. The standard InChI is InChI=1S/C14H21NO2S/c1-11-4-5-13(10-12(11)2)14(17)15-6-9-18-8-3-7-16/h4-5,10,16H,3,6-9H2,1-2H3,(H,15,17). The summed E-state index contributed by atoms with van der Waals surface area (Å²) in [5, 5.41) is 11.5. The van der Waals surface area contributed by atoms with Gasteiger partial charge in [-0.25, -0.2) is 0 Å². The first-order valence-corrected chi connectivity index (χ1v) is 7.34. The lowest BCUT2D eigenvalue weighted by Crippen LogP contribution is -2.25. The van der Waals surface area contributed by atoms with E-state index in [1.807, 2.05) is 32.0 Å². The van der Waals surface area contributed by atoms with Gasteiger partial charge in [-0.05, 0) is 49.3 Å². The molecule has 100 valence electrons. The smallest absolute Gasteiger partial charge is 0.251 e. The third-order valence-electron chi connectivity index (χ3n) is 2.75. The van der Waals surface area contributed by atoms with E-state index in [0.29, 0.717) is 6.54 Å². The molecule has 0 saturated carbocycles. The zero-order valence-corrected chi connectivity index (χ0v) is 11.8. The molecule has 18 heavy (non-hydrogen) atoms. The van der Waals surface area contributed by atoms with Gasteiger partial charge in [-0.2, -0.15) is 11.8 Å². The monoisotopic (exact) mass is 267 g/mol. The van der Waals surface area contributed by atoms with Gasteiger partial charge in [0.2, 0.25) is 0 Å². The summed E-state index contributed by atoms with van der Waals surface area (Å²) in [6.45, 7) is 4.95. The molecule has 2 N–H and O–H groups in total. The third kappa shape index (κ3) is 5.10. The van der Waals surface area contributed by atoms with E-state index in [9.17, 15) is 4.79 Å². The van der Waals surface area contributed by atoms with Crippen LogP contribution in [0.25, 0.3) is 0 Å². The molecule has 1 aromatic rings. The minimum Gasteiger partial charge on any atom is -0.396 e. The lowest BCUT2D eigenvalue weighted by Gasteiger charge is -2.07. The molecular weight excluding hydrogens is 246 g/mol. The molecule has 1 aromatic carbocycles. The first-order valence-electron chi connectivity index (χ1n) is 6.19. The SMILES string of the molecule is Cc1ccc(C(=O)NCCSCCCO)cc1C. The van der Waals surface area contributed by atoms with E-state index in [0.717, 1.165) is 29.1 Å². The van der Waals surface area contributed by atoms with Crippen LogP contribution in [0.1, 0.15) is 27.9 Å². The van der Waals surface area contributed by atoms with Crippen molar-refractivity contribution < 1.29 is 9.90 Å². The Morgan fingerprint density at radius 1 is 1.28 bits per heavy atom. The second-order valence-corrected chi connectivity index (χ2v) is 5.47. The number of nitrogens with one attached hydrogen (secondary N) is 1. The van der Waals surface area contributed by atoms with Crippen molar-refractivity contribution in [1.82, 2.24) is 5.32 Å². The predicted octanol–water partition coefficient (Wildman–Crippen LogP) is 2.15. The van der Waals surface area contributed by atoms with Crippen LogP contribution < -0.4 is 5.32 Å².